The van der Waals surface area contributed by atoms with Crippen LogP contribution in [0.2, 0.25) is 0 Å². The molecule has 0 atom stereocenters. The zero-order valence-corrected chi connectivity index (χ0v) is 15.1. The van der Waals surface area contributed by atoms with Crippen molar-refractivity contribution in [2.75, 3.05) is 13.1 Å². The number of carbonyl (C=O) groups is 1. The number of aromatic amines is 1. The molecule has 3 heterocycles. The van der Waals surface area contributed by atoms with Crippen LogP contribution in [0.3, 0.4) is 0 Å². The quantitative estimate of drug-likeness (QED) is 0.565. The van der Waals surface area contributed by atoms with Crippen LogP contribution in [0.4, 0.5) is 0 Å². The van der Waals surface area contributed by atoms with Crippen LogP contribution in [0.5, 0.6) is 0 Å². The fraction of sp³-hybridized carbons (Fsp3) is 0.217. The lowest BCUT2D eigenvalue weighted by Gasteiger charge is -2.32. The third kappa shape index (κ3) is 2.78. The number of benzene rings is 2. The Morgan fingerprint density at radius 3 is 2.70 bits per heavy atom. The second-order valence-corrected chi connectivity index (χ2v) is 7.24. The Morgan fingerprint density at radius 2 is 1.81 bits per heavy atom. The molecule has 1 saturated heterocycles. The van der Waals surface area contributed by atoms with Crippen molar-refractivity contribution in [3.8, 4) is 0 Å². The molecule has 1 aliphatic heterocycles. The molecule has 4 aromatic rings. The van der Waals surface area contributed by atoms with Crippen LogP contribution < -0.4 is 0 Å². The molecule has 4 heteroatoms. The van der Waals surface area contributed by atoms with Gasteiger partial charge in [0.1, 0.15) is 0 Å². The summed E-state index contributed by atoms with van der Waals surface area (Å²) >= 11 is 0. The van der Waals surface area contributed by atoms with Crippen molar-refractivity contribution < 1.29 is 4.79 Å². The minimum Gasteiger partial charge on any atom is -0.361 e. The molecule has 4 nitrogen and oxygen atoms in total. The Labute approximate surface area is 157 Å². The van der Waals surface area contributed by atoms with E-state index in [0.717, 1.165) is 36.8 Å². The van der Waals surface area contributed by atoms with Crippen LogP contribution in [0.15, 0.2) is 67.0 Å². The molecule has 0 unspecified atom stereocenters. The Kier molecular flexibility index (Phi) is 3.89. The highest BCUT2D eigenvalue weighted by Crippen LogP contribution is 2.33. The first kappa shape index (κ1) is 16.1. The number of aromatic nitrogens is 2. The maximum absolute atomic E-state index is 13.1. The number of H-pyrrole nitrogens is 1. The number of hydrogen-bond donors (Lipinski definition) is 1. The third-order valence-electron chi connectivity index (χ3n) is 5.71. The van der Waals surface area contributed by atoms with Crippen molar-refractivity contribution in [1.29, 1.82) is 0 Å². The summed E-state index contributed by atoms with van der Waals surface area (Å²) in [5.74, 6) is 0.590. The zero-order valence-electron chi connectivity index (χ0n) is 15.1. The van der Waals surface area contributed by atoms with Crippen LogP contribution in [-0.2, 0) is 0 Å². The molecule has 1 N–H and O–H groups in total. The molecule has 1 fully saturated rings. The molecule has 0 radical (unpaired) electrons. The first-order valence-electron chi connectivity index (χ1n) is 9.50. The number of para-hydroxylation sites is 2. The summed E-state index contributed by atoms with van der Waals surface area (Å²) in [7, 11) is 0. The van der Waals surface area contributed by atoms with E-state index in [9.17, 15) is 4.79 Å². The number of carbonyl (C=O) groups excluding carboxylic acids is 1. The molecule has 0 saturated carbocycles. The number of nitrogens with zero attached hydrogens (tertiary/aromatic N) is 2. The highest BCUT2D eigenvalue weighted by atomic mass is 16.2. The van der Waals surface area contributed by atoms with Gasteiger partial charge in [-0.1, -0.05) is 36.4 Å². The first-order chi connectivity index (χ1) is 13.3. The number of rotatable bonds is 2. The van der Waals surface area contributed by atoms with E-state index >= 15 is 0 Å². The molecule has 0 bridgehead atoms. The zero-order chi connectivity index (χ0) is 18.2. The summed E-state index contributed by atoms with van der Waals surface area (Å²) in [6, 6.07) is 18.2. The summed E-state index contributed by atoms with van der Waals surface area (Å²) in [5, 5.41) is 2.32. The Morgan fingerprint density at radius 1 is 1.00 bits per heavy atom. The van der Waals surface area contributed by atoms with Gasteiger partial charge in [-0.2, -0.15) is 0 Å². The number of fused-ring (bicyclic) bond motifs is 2. The Bertz CT molecular complexity index is 1120. The van der Waals surface area contributed by atoms with Crippen LogP contribution in [0.25, 0.3) is 21.8 Å². The molecule has 134 valence electrons. The molecule has 27 heavy (non-hydrogen) atoms. The summed E-state index contributed by atoms with van der Waals surface area (Å²) in [6.07, 6.45) is 5.88. The highest BCUT2D eigenvalue weighted by molar-refractivity contribution is 6.05. The summed E-state index contributed by atoms with van der Waals surface area (Å²) in [4.78, 5) is 22.9. The summed E-state index contributed by atoms with van der Waals surface area (Å²) < 4.78 is 0. The van der Waals surface area contributed by atoms with Gasteiger partial charge in [0.05, 0.1) is 11.1 Å². The monoisotopic (exact) mass is 355 g/mol. The lowest BCUT2D eigenvalue weighted by Crippen LogP contribution is -2.38. The predicted molar refractivity (Wildman–Crippen MR) is 108 cm³/mol. The van der Waals surface area contributed by atoms with Crippen LogP contribution >= 0.6 is 0 Å². The lowest BCUT2D eigenvalue weighted by atomic mass is 9.89. The highest BCUT2D eigenvalue weighted by Gasteiger charge is 2.26. The van der Waals surface area contributed by atoms with E-state index in [1.807, 2.05) is 35.2 Å². The fourth-order valence-electron chi connectivity index (χ4n) is 4.27. The van der Waals surface area contributed by atoms with Crippen LogP contribution in [-0.4, -0.2) is 33.9 Å². The van der Waals surface area contributed by atoms with Gasteiger partial charge in [0.25, 0.3) is 5.91 Å². The second-order valence-electron chi connectivity index (χ2n) is 7.24. The maximum Gasteiger partial charge on any atom is 0.256 e. The van der Waals surface area contributed by atoms with E-state index in [1.54, 1.807) is 6.20 Å². The average molecular weight is 355 g/mol. The maximum atomic E-state index is 13.1. The third-order valence-corrected chi connectivity index (χ3v) is 5.71. The number of nitrogens with one attached hydrogen (secondary N) is 1. The summed E-state index contributed by atoms with van der Waals surface area (Å²) in [5.41, 5.74) is 4.07. The molecule has 5 rings (SSSR count). The normalized spacial score (nSPS) is 15.5. The molecule has 2 aromatic carbocycles. The van der Waals surface area contributed by atoms with Gasteiger partial charge >= 0.3 is 0 Å². The molecule has 0 spiro atoms. The number of piperidine rings is 1. The van der Waals surface area contributed by atoms with Gasteiger partial charge in [0, 0.05) is 41.8 Å². The molecular formula is C23H21N3O. The fourth-order valence-corrected chi connectivity index (χ4v) is 4.27. The van der Waals surface area contributed by atoms with E-state index in [0.29, 0.717) is 11.5 Å². The van der Waals surface area contributed by atoms with Crippen molar-refractivity contribution in [1.82, 2.24) is 14.9 Å². The van der Waals surface area contributed by atoms with E-state index in [4.69, 9.17) is 0 Å². The van der Waals surface area contributed by atoms with E-state index in [1.165, 1.54) is 16.5 Å². The largest absolute Gasteiger partial charge is 0.361 e. The van der Waals surface area contributed by atoms with Crippen LogP contribution in [0, 0.1) is 0 Å². The van der Waals surface area contributed by atoms with Gasteiger partial charge in [-0.05, 0) is 42.5 Å². The molecular weight excluding hydrogens is 334 g/mol. The topological polar surface area (TPSA) is 49.0 Å². The lowest BCUT2D eigenvalue weighted by molar-refractivity contribution is 0.0715. The number of pyridine rings is 1. The van der Waals surface area contributed by atoms with Crippen molar-refractivity contribution >= 4 is 27.7 Å². The van der Waals surface area contributed by atoms with Crippen molar-refractivity contribution in [2.45, 2.75) is 18.8 Å². The summed E-state index contributed by atoms with van der Waals surface area (Å²) in [6.45, 7) is 1.57. The van der Waals surface area contributed by atoms with Gasteiger partial charge in [0.2, 0.25) is 0 Å². The van der Waals surface area contributed by atoms with Gasteiger partial charge in [-0.15, -0.1) is 0 Å². The SMILES string of the molecule is O=C(c1cccc2cccnc12)N1CCC(c2c[nH]c3ccccc23)CC1. The van der Waals surface area contributed by atoms with Gasteiger partial charge in [-0.3, -0.25) is 9.78 Å². The molecule has 1 aliphatic rings. The average Bonchev–Trinajstić information content (AvgIpc) is 3.17. The van der Waals surface area contributed by atoms with Crippen LogP contribution in [0.1, 0.15) is 34.7 Å². The van der Waals surface area contributed by atoms with Crippen molar-refractivity contribution in [2.24, 2.45) is 0 Å². The minimum atomic E-state index is 0.0941. The predicted octanol–water partition coefficient (Wildman–Crippen LogP) is 4.74. The van der Waals surface area contributed by atoms with Crippen molar-refractivity contribution in [3.05, 3.63) is 78.1 Å². The number of likely N-dealkylation sites (tertiary alicyclic amines) is 1. The second kappa shape index (κ2) is 6.54. The first-order valence-corrected chi connectivity index (χ1v) is 9.50. The molecule has 1 amide bonds. The van der Waals surface area contributed by atoms with Crippen molar-refractivity contribution in [3.63, 3.8) is 0 Å². The molecule has 0 aliphatic carbocycles. The van der Waals surface area contributed by atoms with Gasteiger partial charge in [0.15, 0.2) is 0 Å². The van der Waals surface area contributed by atoms with E-state index in [2.05, 4.69) is 40.4 Å². The standard InChI is InChI=1S/C23H21N3O/c27-23(19-8-3-5-17-6-4-12-24-22(17)19)26-13-10-16(11-14-26)20-15-25-21-9-2-1-7-18(20)21/h1-9,12,15-16,25H,10-11,13-14H2. The molecule has 2 aromatic heterocycles. The van der Waals surface area contributed by atoms with Gasteiger partial charge in [-0.25, -0.2) is 0 Å². The Balaban J connectivity index is 1.36. The van der Waals surface area contributed by atoms with E-state index in [-0.39, 0.29) is 5.91 Å². The minimum absolute atomic E-state index is 0.0941. The number of hydrogen-bond acceptors (Lipinski definition) is 2. The smallest absolute Gasteiger partial charge is 0.256 e. The Hall–Kier alpha value is -3.14. The van der Waals surface area contributed by atoms with E-state index < -0.39 is 0 Å². The number of amides is 1. The van der Waals surface area contributed by atoms with Gasteiger partial charge < -0.3 is 9.88 Å².